The predicted octanol–water partition coefficient (Wildman–Crippen LogP) is 4.87. The number of ether oxygens (including phenoxy) is 1. The fraction of sp³-hybridized carbons (Fsp3) is 0.467. The minimum absolute atomic E-state index is 0.166. The zero-order chi connectivity index (χ0) is 29.4. The fourth-order valence-corrected chi connectivity index (χ4v) is 5.76. The molecule has 1 aliphatic heterocycles. The number of urea groups is 1. The average Bonchev–Trinajstić information content (AvgIpc) is 3.53. The molecule has 42 heavy (non-hydrogen) atoms. The van der Waals surface area contributed by atoms with Gasteiger partial charge in [-0.15, -0.1) is 9.94 Å². The van der Waals surface area contributed by atoms with Crippen molar-refractivity contribution in [1.82, 2.24) is 30.0 Å². The first-order chi connectivity index (χ1) is 20.1. The number of morpholine rings is 1. The topological polar surface area (TPSA) is 111 Å². The summed E-state index contributed by atoms with van der Waals surface area (Å²) in [4.78, 5) is 27.2. The number of aromatic nitrogens is 5. The Hall–Kier alpha value is -3.90. The molecule has 4 heterocycles. The van der Waals surface area contributed by atoms with Crippen molar-refractivity contribution in [3.8, 4) is 16.9 Å². The Bertz CT molecular complexity index is 1570. The van der Waals surface area contributed by atoms with E-state index in [4.69, 9.17) is 24.8 Å². The van der Waals surface area contributed by atoms with Crippen LogP contribution in [0.1, 0.15) is 25.3 Å². The van der Waals surface area contributed by atoms with Gasteiger partial charge in [0.15, 0.2) is 11.5 Å². The fourth-order valence-electron chi connectivity index (χ4n) is 5.05. The molecule has 2 aliphatic rings. The molecule has 1 aliphatic carbocycles. The Labute approximate surface area is 247 Å². The van der Waals surface area contributed by atoms with Crippen LogP contribution in [0.3, 0.4) is 0 Å². The van der Waals surface area contributed by atoms with E-state index in [1.54, 1.807) is 9.53 Å². The van der Waals surface area contributed by atoms with Gasteiger partial charge in [-0.05, 0) is 62.1 Å². The Morgan fingerprint density at radius 2 is 1.98 bits per heavy atom. The van der Waals surface area contributed by atoms with Gasteiger partial charge in [-0.2, -0.15) is 9.78 Å². The monoisotopic (exact) mass is 588 g/mol. The number of hydrogen-bond donors (Lipinski definition) is 2. The lowest BCUT2D eigenvalue weighted by molar-refractivity contribution is 0.0919. The zero-order valence-electron chi connectivity index (χ0n) is 25.1. The Balaban J connectivity index is 1.35. The van der Waals surface area contributed by atoms with Crippen LogP contribution in [-0.2, 0) is 4.74 Å². The van der Waals surface area contributed by atoms with Crippen LogP contribution in [0.25, 0.3) is 28.0 Å². The number of nitrogens with one attached hydrogen (secondary N) is 2. The molecule has 222 valence electrons. The van der Waals surface area contributed by atoms with Gasteiger partial charge in [0.2, 0.25) is 0 Å². The van der Waals surface area contributed by atoms with Crippen LogP contribution in [0, 0.1) is 6.92 Å². The molecule has 2 N–H and O–H groups in total. The molecule has 1 saturated heterocycles. The van der Waals surface area contributed by atoms with Crippen LogP contribution < -0.4 is 20.4 Å². The quantitative estimate of drug-likeness (QED) is 0.269. The molecule has 3 aromatic heterocycles. The van der Waals surface area contributed by atoms with Crippen molar-refractivity contribution < 1.29 is 14.4 Å². The van der Waals surface area contributed by atoms with Crippen LogP contribution in [0.2, 0.25) is 25.7 Å². The van der Waals surface area contributed by atoms with Crippen LogP contribution in [0.4, 0.5) is 16.3 Å². The highest BCUT2D eigenvalue weighted by Gasteiger charge is 2.25. The molecular weight excluding hydrogens is 548 g/mol. The third kappa shape index (κ3) is 6.29. The second-order valence-corrected chi connectivity index (χ2v) is 18.2. The van der Waals surface area contributed by atoms with E-state index in [1.807, 2.05) is 43.6 Å². The van der Waals surface area contributed by atoms with Gasteiger partial charge in [0.05, 0.1) is 31.6 Å². The normalized spacial score (nSPS) is 17.5. The number of benzene rings is 1. The first-order valence-electron chi connectivity index (χ1n) is 14.8. The van der Waals surface area contributed by atoms with Gasteiger partial charge < -0.3 is 25.1 Å². The molecule has 0 radical (unpaired) electrons. The number of rotatable bonds is 9. The molecule has 0 spiro atoms. The summed E-state index contributed by atoms with van der Waals surface area (Å²) >= 11 is 0. The Morgan fingerprint density at radius 3 is 2.69 bits per heavy atom. The van der Waals surface area contributed by atoms with Crippen molar-refractivity contribution in [3.63, 3.8) is 0 Å². The highest BCUT2D eigenvalue weighted by Crippen LogP contribution is 2.34. The standard InChI is InChI=1S/C30H40N8O3Si/c1-20-18-37(41-14-15-42(3,4)5)35-28(20)38-29-26(17-31-38)25(16-27(34-29)36-12-13-40-19-21(36)2)22-6-8-23(9-7-22)32-30(39)33-24-10-11-24/h6-9,16-18,21,24H,10-15,19H2,1-5H3,(H2,32,33,39)/t21-/m1/s1. The molecule has 2 fully saturated rings. The van der Waals surface area contributed by atoms with Crippen LogP contribution in [0.5, 0.6) is 0 Å². The van der Waals surface area contributed by atoms with E-state index in [-0.39, 0.29) is 12.1 Å². The van der Waals surface area contributed by atoms with Crippen molar-refractivity contribution in [2.45, 2.75) is 64.5 Å². The van der Waals surface area contributed by atoms with Gasteiger partial charge in [0, 0.05) is 37.3 Å². The molecule has 6 rings (SSSR count). The lowest BCUT2D eigenvalue weighted by Gasteiger charge is -2.34. The minimum Gasteiger partial charge on any atom is -0.397 e. The molecule has 0 bridgehead atoms. The first-order valence-corrected chi connectivity index (χ1v) is 18.5. The molecule has 4 aromatic rings. The molecule has 0 unspecified atom stereocenters. The molecule has 1 atom stereocenters. The van der Waals surface area contributed by atoms with E-state index >= 15 is 0 Å². The smallest absolute Gasteiger partial charge is 0.319 e. The van der Waals surface area contributed by atoms with E-state index in [0.29, 0.717) is 31.7 Å². The average molecular weight is 589 g/mol. The Kier molecular flexibility index (Phi) is 7.67. The molecular formula is C30H40N8O3Si. The van der Waals surface area contributed by atoms with Crippen molar-refractivity contribution in [2.75, 3.05) is 36.6 Å². The predicted molar refractivity (Wildman–Crippen MR) is 167 cm³/mol. The van der Waals surface area contributed by atoms with Crippen molar-refractivity contribution in [2.24, 2.45) is 0 Å². The molecule has 1 aromatic carbocycles. The van der Waals surface area contributed by atoms with Crippen LogP contribution in [-0.4, -0.2) is 77.3 Å². The van der Waals surface area contributed by atoms with Gasteiger partial charge in [-0.25, -0.2) is 9.78 Å². The molecule has 1 saturated carbocycles. The van der Waals surface area contributed by atoms with Crippen molar-refractivity contribution >= 4 is 36.6 Å². The van der Waals surface area contributed by atoms with E-state index in [2.05, 4.69) is 48.2 Å². The van der Waals surface area contributed by atoms with Crippen molar-refractivity contribution in [3.05, 3.63) is 48.3 Å². The van der Waals surface area contributed by atoms with E-state index in [1.165, 1.54) is 0 Å². The lowest BCUT2D eigenvalue weighted by Crippen LogP contribution is -2.44. The first kappa shape index (κ1) is 28.2. The summed E-state index contributed by atoms with van der Waals surface area (Å²) in [5.41, 5.74) is 4.44. The van der Waals surface area contributed by atoms with E-state index in [9.17, 15) is 4.79 Å². The summed E-state index contributed by atoms with van der Waals surface area (Å²) in [5, 5.41) is 16.3. The maximum atomic E-state index is 12.2. The molecule has 2 amide bonds. The van der Waals surface area contributed by atoms with Gasteiger partial charge in [-0.1, -0.05) is 31.8 Å². The summed E-state index contributed by atoms with van der Waals surface area (Å²) in [6, 6.07) is 11.4. The maximum Gasteiger partial charge on any atom is 0.319 e. The number of hydrogen-bond acceptors (Lipinski definition) is 7. The number of carbonyl (C=O) groups excluding carboxylic acids is 1. The number of pyridine rings is 1. The number of amides is 2. The van der Waals surface area contributed by atoms with Gasteiger partial charge >= 0.3 is 6.03 Å². The summed E-state index contributed by atoms with van der Waals surface area (Å²) in [6.07, 6.45) is 5.85. The van der Waals surface area contributed by atoms with Crippen LogP contribution in [0.15, 0.2) is 42.7 Å². The highest BCUT2D eigenvalue weighted by molar-refractivity contribution is 6.76. The van der Waals surface area contributed by atoms with E-state index < -0.39 is 8.07 Å². The number of fused-ring (bicyclic) bond motifs is 1. The zero-order valence-corrected chi connectivity index (χ0v) is 26.1. The third-order valence-corrected chi connectivity index (χ3v) is 9.39. The number of nitrogens with zero attached hydrogens (tertiary/aromatic N) is 6. The van der Waals surface area contributed by atoms with Crippen molar-refractivity contribution in [1.29, 1.82) is 0 Å². The Morgan fingerprint density at radius 1 is 1.19 bits per heavy atom. The van der Waals surface area contributed by atoms with Gasteiger partial charge in [0.25, 0.3) is 0 Å². The maximum absolute atomic E-state index is 12.2. The second-order valence-electron chi connectivity index (χ2n) is 12.6. The largest absolute Gasteiger partial charge is 0.397 e. The molecule has 11 nitrogen and oxygen atoms in total. The number of carbonyl (C=O) groups is 1. The molecule has 12 heteroatoms. The van der Waals surface area contributed by atoms with Crippen LogP contribution >= 0.6 is 0 Å². The van der Waals surface area contributed by atoms with E-state index in [0.717, 1.165) is 64.7 Å². The summed E-state index contributed by atoms with van der Waals surface area (Å²) in [7, 11) is -1.22. The van der Waals surface area contributed by atoms with Gasteiger partial charge in [-0.3, -0.25) is 0 Å². The summed E-state index contributed by atoms with van der Waals surface area (Å²) in [6.45, 7) is 13.8. The lowest BCUT2D eigenvalue weighted by atomic mass is 10.0. The summed E-state index contributed by atoms with van der Waals surface area (Å²) in [5.74, 6) is 1.55. The highest BCUT2D eigenvalue weighted by atomic mass is 28.3. The minimum atomic E-state index is -1.22. The SMILES string of the molecule is Cc1cn(OCC[Si](C)(C)C)nc1-n1ncc2c(-c3ccc(NC(=O)NC4CC4)cc3)cc(N3CCOC[C@H]3C)nc21. The summed E-state index contributed by atoms with van der Waals surface area (Å²) < 4.78 is 7.51. The number of aryl methyl sites for hydroxylation is 1. The second kappa shape index (κ2) is 11.4. The number of anilines is 2. The third-order valence-electron chi connectivity index (χ3n) is 7.68. The van der Waals surface area contributed by atoms with Gasteiger partial charge in [0.1, 0.15) is 12.4 Å².